The Balaban J connectivity index is 2.84. The van der Waals surface area contributed by atoms with Gasteiger partial charge in [0.1, 0.15) is 18.2 Å². The molecule has 0 bridgehead atoms. The molecule has 1 heterocycles. The van der Waals surface area contributed by atoms with Crippen LogP contribution in [0.1, 0.15) is 12.5 Å². The molecular weight excluding hydrogens is 224 g/mol. The smallest absolute Gasteiger partial charge is 0.348 e. The molecule has 1 N–H and O–H groups in total. The molecule has 7 heteroatoms. The van der Waals surface area contributed by atoms with Gasteiger partial charge in [-0.1, -0.05) is 6.92 Å². The van der Waals surface area contributed by atoms with Crippen molar-refractivity contribution in [3.8, 4) is 11.9 Å². The number of hydrogen-bond donors (Lipinski definition) is 1. The number of hydrogen-bond acceptors (Lipinski definition) is 6. The van der Waals surface area contributed by atoms with Crippen molar-refractivity contribution < 1.29 is 9.66 Å². The lowest BCUT2D eigenvalue weighted by Crippen LogP contribution is -2.20. The first-order chi connectivity index (χ1) is 8.20. The maximum Gasteiger partial charge on any atom is 0.348 e. The largest absolute Gasteiger partial charge is 0.471 e. The highest BCUT2D eigenvalue weighted by Gasteiger charge is 2.22. The lowest BCUT2D eigenvalue weighted by atomic mass is 10.2. The van der Waals surface area contributed by atoms with Gasteiger partial charge in [-0.15, -0.1) is 0 Å². The molecule has 0 saturated carbocycles. The summed E-state index contributed by atoms with van der Waals surface area (Å²) in [6.45, 7) is 3.55. The van der Waals surface area contributed by atoms with Crippen LogP contribution in [0.3, 0.4) is 0 Å². The molecule has 0 aromatic carbocycles. The van der Waals surface area contributed by atoms with Gasteiger partial charge in [0.25, 0.3) is 5.88 Å². The summed E-state index contributed by atoms with van der Waals surface area (Å²) in [5.41, 5.74) is -0.435. The van der Waals surface area contributed by atoms with Crippen LogP contribution in [-0.2, 0) is 0 Å². The van der Waals surface area contributed by atoms with Gasteiger partial charge in [-0.3, -0.25) is 10.1 Å². The maximum atomic E-state index is 10.8. The summed E-state index contributed by atoms with van der Waals surface area (Å²) in [7, 11) is 0. The van der Waals surface area contributed by atoms with Crippen LogP contribution in [0.4, 0.5) is 5.69 Å². The van der Waals surface area contributed by atoms with Gasteiger partial charge < -0.3 is 10.1 Å². The SMILES string of the molecule is CCNCCOc1nccc(C#N)c1[N+](=O)[O-]. The summed E-state index contributed by atoms with van der Waals surface area (Å²) in [4.78, 5) is 13.9. The zero-order valence-corrected chi connectivity index (χ0v) is 9.34. The van der Waals surface area contributed by atoms with Crippen molar-refractivity contribution in [2.75, 3.05) is 19.7 Å². The van der Waals surface area contributed by atoms with Gasteiger partial charge in [0.2, 0.25) is 0 Å². The van der Waals surface area contributed by atoms with Crippen LogP contribution >= 0.6 is 0 Å². The van der Waals surface area contributed by atoms with Crippen LogP contribution in [-0.4, -0.2) is 29.6 Å². The molecule has 7 nitrogen and oxygen atoms in total. The third-order valence-corrected chi connectivity index (χ3v) is 1.96. The molecule has 0 spiro atoms. The Morgan fingerprint density at radius 1 is 1.71 bits per heavy atom. The Morgan fingerprint density at radius 3 is 3.06 bits per heavy atom. The normalized spacial score (nSPS) is 9.65. The predicted octanol–water partition coefficient (Wildman–Crippen LogP) is 0.850. The lowest BCUT2D eigenvalue weighted by Gasteiger charge is -2.06. The third kappa shape index (κ3) is 3.39. The van der Waals surface area contributed by atoms with Crippen molar-refractivity contribution in [3.05, 3.63) is 27.9 Å². The molecule has 0 atom stereocenters. The number of nitro groups is 1. The van der Waals surface area contributed by atoms with Crippen molar-refractivity contribution >= 4 is 5.69 Å². The Hall–Kier alpha value is -2.20. The monoisotopic (exact) mass is 236 g/mol. The van der Waals surface area contributed by atoms with E-state index < -0.39 is 4.92 Å². The van der Waals surface area contributed by atoms with E-state index in [9.17, 15) is 10.1 Å². The zero-order valence-electron chi connectivity index (χ0n) is 9.34. The van der Waals surface area contributed by atoms with Crippen LogP contribution in [0.2, 0.25) is 0 Å². The number of aromatic nitrogens is 1. The second-order valence-electron chi connectivity index (χ2n) is 3.08. The van der Waals surface area contributed by atoms with Crippen LogP contribution in [0, 0.1) is 21.4 Å². The standard InChI is InChI=1S/C10H12N4O3/c1-2-12-5-6-17-10-9(14(15)16)8(7-11)3-4-13-10/h3-4,12H,2,5-6H2,1H3. The molecular formula is C10H12N4O3. The fourth-order valence-electron chi connectivity index (χ4n) is 1.20. The summed E-state index contributed by atoms with van der Waals surface area (Å²) >= 11 is 0. The van der Waals surface area contributed by atoms with Crippen molar-refractivity contribution in [3.63, 3.8) is 0 Å². The fourth-order valence-corrected chi connectivity index (χ4v) is 1.20. The van der Waals surface area contributed by atoms with Crippen LogP contribution in [0.15, 0.2) is 12.3 Å². The number of rotatable bonds is 6. The summed E-state index contributed by atoms with van der Waals surface area (Å²) in [6, 6.07) is 3.03. The van der Waals surface area contributed by atoms with E-state index >= 15 is 0 Å². The minimum absolute atomic E-state index is 0.0524. The highest BCUT2D eigenvalue weighted by Crippen LogP contribution is 2.27. The van der Waals surface area contributed by atoms with E-state index in [4.69, 9.17) is 10.00 Å². The molecule has 0 aliphatic carbocycles. The molecule has 0 radical (unpaired) electrons. The van der Waals surface area contributed by atoms with Gasteiger partial charge in [-0.25, -0.2) is 4.98 Å². The second-order valence-corrected chi connectivity index (χ2v) is 3.08. The van der Waals surface area contributed by atoms with E-state index in [0.29, 0.717) is 6.54 Å². The highest BCUT2D eigenvalue weighted by molar-refractivity contribution is 5.54. The molecule has 0 unspecified atom stereocenters. The third-order valence-electron chi connectivity index (χ3n) is 1.96. The minimum Gasteiger partial charge on any atom is -0.471 e. The van der Waals surface area contributed by atoms with Crippen molar-refractivity contribution in [1.82, 2.24) is 10.3 Å². The summed E-state index contributed by atoms with van der Waals surface area (Å²) in [6.07, 6.45) is 1.31. The molecule has 0 aliphatic rings. The Morgan fingerprint density at radius 2 is 2.47 bits per heavy atom. The van der Waals surface area contributed by atoms with E-state index in [1.807, 2.05) is 6.92 Å². The van der Waals surface area contributed by atoms with E-state index in [1.54, 1.807) is 6.07 Å². The van der Waals surface area contributed by atoms with Gasteiger partial charge in [-0.2, -0.15) is 5.26 Å². The van der Waals surface area contributed by atoms with E-state index in [2.05, 4.69) is 10.3 Å². The number of nitrogens with zero attached hydrogens (tertiary/aromatic N) is 3. The number of nitriles is 1. The molecule has 90 valence electrons. The first-order valence-electron chi connectivity index (χ1n) is 5.07. The lowest BCUT2D eigenvalue weighted by molar-refractivity contribution is -0.386. The zero-order chi connectivity index (χ0) is 12.7. The topological polar surface area (TPSA) is 101 Å². The van der Waals surface area contributed by atoms with Gasteiger partial charge in [0.15, 0.2) is 0 Å². The molecule has 1 rings (SSSR count). The molecule has 0 amide bonds. The van der Waals surface area contributed by atoms with Crippen LogP contribution in [0.25, 0.3) is 0 Å². The minimum atomic E-state index is -0.659. The average molecular weight is 236 g/mol. The van der Waals surface area contributed by atoms with Gasteiger partial charge in [-0.05, 0) is 12.6 Å². The fraction of sp³-hybridized carbons (Fsp3) is 0.400. The Kier molecular flexibility index (Phi) is 4.84. The molecule has 17 heavy (non-hydrogen) atoms. The quantitative estimate of drug-likeness (QED) is 0.446. The molecule has 0 aliphatic heterocycles. The predicted molar refractivity (Wildman–Crippen MR) is 59.6 cm³/mol. The van der Waals surface area contributed by atoms with Crippen molar-refractivity contribution in [1.29, 1.82) is 5.26 Å². The first-order valence-corrected chi connectivity index (χ1v) is 5.07. The molecule has 0 fully saturated rings. The Bertz CT molecular complexity index is 442. The number of ether oxygens (including phenoxy) is 1. The average Bonchev–Trinajstić information content (AvgIpc) is 2.33. The van der Waals surface area contributed by atoms with Gasteiger partial charge in [0, 0.05) is 12.7 Å². The second kappa shape index (κ2) is 6.40. The van der Waals surface area contributed by atoms with Crippen LogP contribution in [0.5, 0.6) is 5.88 Å². The van der Waals surface area contributed by atoms with Gasteiger partial charge in [0.05, 0.1) is 4.92 Å². The van der Waals surface area contributed by atoms with E-state index in [0.717, 1.165) is 6.54 Å². The van der Waals surface area contributed by atoms with Crippen molar-refractivity contribution in [2.45, 2.75) is 6.92 Å². The summed E-state index contributed by atoms with van der Waals surface area (Å²) in [5.74, 6) is -0.119. The first kappa shape index (κ1) is 12.9. The van der Waals surface area contributed by atoms with E-state index in [-0.39, 0.29) is 23.7 Å². The Labute approximate surface area is 98.2 Å². The number of likely N-dealkylation sites (N-methyl/N-ethyl adjacent to an activating group) is 1. The van der Waals surface area contributed by atoms with E-state index in [1.165, 1.54) is 12.3 Å². The maximum absolute atomic E-state index is 10.8. The summed E-state index contributed by atoms with van der Waals surface area (Å²) < 4.78 is 5.18. The summed E-state index contributed by atoms with van der Waals surface area (Å²) in [5, 5.41) is 22.6. The molecule has 1 aromatic heterocycles. The van der Waals surface area contributed by atoms with Crippen molar-refractivity contribution in [2.24, 2.45) is 0 Å². The molecule has 1 aromatic rings. The number of pyridine rings is 1. The van der Waals surface area contributed by atoms with Gasteiger partial charge >= 0.3 is 5.69 Å². The molecule has 0 saturated heterocycles. The number of nitrogens with one attached hydrogen (secondary N) is 1. The van der Waals surface area contributed by atoms with Crippen LogP contribution < -0.4 is 10.1 Å². The highest BCUT2D eigenvalue weighted by atomic mass is 16.6.